The van der Waals surface area contributed by atoms with E-state index in [1.54, 1.807) is 0 Å². The molecule has 12 heavy (non-hydrogen) atoms. The Hall–Kier alpha value is -0.370. The molecular weight excluding hydrogens is 152 g/mol. The van der Waals surface area contributed by atoms with Crippen LogP contribution in [0.15, 0.2) is 0 Å². The molecule has 0 radical (unpaired) electrons. The van der Waals surface area contributed by atoms with Crippen LogP contribution in [0.3, 0.4) is 0 Å². The largest absolute Gasteiger partial charge is 0.370 e. The van der Waals surface area contributed by atoms with Crippen molar-refractivity contribution in [3.8, 4) is 0 Å². The highest BCUT2D eigenvalue weighted by atomic mass is 16.5. The Balaban J connectivity index is 2.41. The van der Waals surface area contributed by atoms with Crippen molar-refractivity contribution < 1.29 is 9.53 Å². The summed E-state index contributed by atoms with van der Waals surface area (Å²) < 4.78 is 5.38. The topological polar surface area (TPSA) is 26.3 Å². The van der Waals surface area contributed by atoms with E-state index in [-0.39, 0.29) is 11.9 Å². The number of hydrogen-bond donors (Lipinski definition) is 0. The molecule has 0 aromatic rings. The standard InChI is InChI=1S/C10H18O2/c1-7(2)6-9(11)10-8(3)4-5-12-10/h7-8,10H,4-6H2,1-3H3. The van der Waals surface area contributed by atoms with Crippen molar-refractivity contribution in [2.45, 2.75) is 39.7 Å². The predicted molar refractivity (Wildman–Crippen MR) is 48.0 cm³/mol. The summed E-state index contributed by atoms with van der Waals surface area (Å²) in [6.07, 6.45) is 1.59. The van der Waals surface area contributed by atoms with Crippen LogP contribution in [0.1, 0.15) is 33.6 Å². The van der Waals surface area contributed by atoms with Crippen molar-refractivity contribution in [1.82, 2.24) is 0 Å². The molecular formula is C10H18O2. The molecule has 2 atom stereocenters. The second-order valence-electron chi connectivity index (χ2n) is 4.12. The zero-order valence-corrected chi connectivity index (χ0v) is 8.17. The second-order valence-corrected chi connectivity index (χ2v) is 4.12. The van der Waals surface area contributed by atoms with E-state index in [0.717, 1.165) is 13.0 Å². The Morgan fingerprint density at radius 3 is 2.67 bits per heavy atom. The molecule has 2 nitrogen and oxygen atoms in total. The quantitative estimate of drug-likeness (QED) is 0.647. The van der Waals surface area contributed by atoms with E-state index in [0.29, 0.717) is 18.3 Å². The monoisotopic (exact) mass is 170 g/mol. The van der Waals surface area contributed by atoms with Gasteiger partial charge in [0.15, 0.2) is 5.78 Å². The van der Waals surface area contributed by atoms with Crippen molar-refractivity contribution >= 4 is 5.78 Å². The number of rotatable bonds is 3. The SMILES string of the molecule is CC(C)CC(=O)C1OCCC1C. The Labute approximate surface area is 74.3 Å². The number of hydrogen-bond acceptors (Lipinski definition) is 2. The van der Waals surface area contributed by atoms with Crippen LogP contribution in [-0.4, -0.2) is 18.5 Å². The first kappa shape index (κ1) is 9.72. The van der Waals surface area contributed by atoms with Gasteiger partial charge in [-0.2, -0.15) is 0 Å². The van der Waals surface area contributed by atoms with Gasteiger partial charge < -0.3 is 4.74 Å². The van der Waals surface area contributed by atoms with Gasteiger partial charge >= 0.3 is 0 Å². The zero-order chi connectivity index (χ0) is 9.14. The maximum Gasteiger partial charge on any atom is 0.162 e. The fourth-order valence-electron chi connectivity index (χ4n) is 1.63. The molecule has 0 aromatic heterocycles. The third-order valence-corrected chi connectivity index (χ3v) is 2.31. The Kier molecular flexibility index (Phi) is 3.27. The summed E-state index contributed by atoms with van der Waals surface area (Å²) in [4.78, 5) is 11.5. The van der Waals surface area contributed by atoms with Crippen molar-refractivity contribution in [2.24, 2.45) is 11.8 Å². The van der Waals surface area contributed by atoms with Crippen LogP contribution >= 0.6 is 0 Å². The first-order chi connectivity index (χ1) is 5.61. The zero-order valence-electron chi connectivity index (χ0n) is 8.17. The van der Waals surface area contributed by atoms with Gasteiger partial charge in [-0.3, -0.25) is 4.79 Å². The molecule has 70 valence electrons. The molecule has 2 unspecified atom stereocenters. The van der Waals surface area contributed by atoms with Gasteiger partial charge in [-0.1, -0.05) is 20.8 Å². The highest BCUT2D eigenvalue weighted by Crippen LogP contribution is 2.22. The average molecular weight is 170 g/mol. The van der Waals surface area contributed by atoms with Crippen LogP contribution < -0.4 is 0 Å². The molecule has 1 saturated heterocycles. The van der Waals surface area contributed by atoms with E-state index in [2.05, 4.69) is 20.8 Å². The van der Waals surface area contributed by atoms with Gasteiger partial charge in [0, 0.05) is 13.0 Å². The lowest BCUT2D eigenvalue weighted by molar-refractivity contribution is -0.129. The highest BCUT2D eigenvalue weighted by molar-refractivity contribution is 5.83. The minimum atomic E-state index is -0.104. The highest BCUT2D eigenvalue weighted by Gasteiger charge is 2.30. The van der Waals surface area contributed by atoms with Crippen LogP contribution in [0.5, 0.6) is 0 Å². The van der Waals surface area contributed by atoms with Gasteiger partial charge in [-0.05, 0) is 18.3 Å². The van der Waals surface area contributed by atoms with Gasteiger partial charge in [-0.15, -0.1) is 0 Å². The van der Waals surface area contributed by atoms with Gasteiger partial charge in [0.2, 0.25) is 0 Å². The van der Waals surface area contributed by atoms with E-state index in [9.17, 15) is 4.79 Å². The predicted octanol–water partition coefficient (Wildman–Crippen LogP) is 2.03. The van der Waals surface area contributed by atoms with E-state index in [1.165, 1.54) is 0 Å². The van der Waals surface area contributed by atoms with Crippen molar-refractivity contribution in [3.05, 3.63) is 0 Å². The van der Waals surface area contributed by atoms with E-state index < -0.39 is 0 Å². The summed E-state index contributed by atoms with van der Waals surface area (Å²) in [6.45, 7) is 6.99. The lowest BCUT2D eigenvalue weighted by Crippen LogP contribution is -2.26. The molecule has 0 bridgehead atoms. The van der Waals surface area contributed by atoms with Crippen LogP contribution in [0.4, 0.5) is 0 Å². The third kappa shape index (κ3) is 2.31. The number of Topliss-reactive ketones (excluding diaryl/α,β-unsaturated/α-hetero) is 1. The second kappa shape index (κ2) is 4.04. The van der Waals surface area contributed by atoms with E-state index >= 15 is 0 Å². The molecule has 1 fully saturated rings. The maximum absolute atomic E-state index is 11.5. The summed E-state index contributed by atoms with van der Waals surface area (Å²) in [6, 6.07) is 0. The molecule has 1 aliphatic heterocycles. The molecule has 0 saturated carbocycles. The Morgan fingerprint density at radius 2 is 2.25 bits per heavy atom. The molecule has 2 heteroatoms. The first-order valence-corrected chi connectivity index (χ1v) is 4.75. The van der Waals surface area contributed by atoms with Crippen LogP contribution in [-0.2, 0) is 9.53 Å². The maximum atomic E-state index is 11.5. The van der Waals surface area contributed by atoms with Crippen molar-refractivity contribution in [3.63, 3.8) is 0 Å². The Morgan fingerprint density at radius 1 is 1.58 bits per heavy atom. The van der Waals surface area contributed by atoms with Crippen molar-refractivity contribution in [1.29, 1.82) is 0 Å². The van der Waals surface area contributed by atoms with Crippen LogP contribution in [0.2, 0.25) is 0 Å². The lowest BCUT2D eigenvalue weighted by Gasteiger charge is -2.14. The fraction of sp³-hybridized carbons (Fsp3) is 0.900. The molecule has 0 N–H and O–H groups in total. The summed E-state index contributed by atoms with van der Waals surface area (Å²) in [5.41, 5.74) is 0. The van der Waals surface area contributed by atoms with Gasteiger partial charge in [0.1, 0.15) is 6.10 Å². The lowest BCUT2D eigenvalue weighted by atomic mass is 9.95. The minimum Gasteiger partial charge on any atom is -0.370 e. The normalized spacial score (nSPS) is 29.7. The molecule has 1 heterocycles. The van der Waals surface area contributed by atoms with Crippen LogP contribution in [0, 0.1) is 11.8 Å². The molecule has 1 aliphatic rings. The molecule has 0 spiro atoms. The third-order valence-electron chi connectivity index (χ3n) is 2.31. The van der Waals surface area contributed by atoms with Gasteiger partial charge in [0.05, 0.1) is 0 Å². The molecule has 0 amide bonds. The summed E-state index contributed by atoms with van der Waals surface area (Å²) in [7, 11) is 0. The van der Waals surface area contributed by atoms with Crippen LogP contribution in [0.25, 0.3) is 0 Å². The summed E-state index contributed by atoms with van der Waals surface area (Å²) in [5.74, 6) is 1.17. The van der Waals surface area contributed by atoms with E-state index in [4.69, 9.17) is 4.74 Å². The average Bonchev–Trinajstić information content (AvgIpc) is 2.33. The number of ketones is 1. The number of carbonyl (C=O) groups is 1. The molecule has 0 aromatic carbocycles. The smallest absolute Gasteiger partial charge is 0.162 e. The summed E-state index contributed by atoms with van der Waals surface area (Å²) in [5, 5.41) is 0. The van der Waals surface area contributed by atoms with Crippen molar-refractivity contribution in [2.75, 3.05) is 6.61 Å². The summed E-state index contributed by atoms with van der Waals surface area (Å²) >= 11 is 0. The van der Waals surface area contributed by atoms with Gasteiger partial charge in [0.25, 0.3) is 0 Å². The van der Waals surface area contributed by atoms with Gasteiger partial charge in [-0.25, -0.2) is 0 Å². The number of carbonyl (C=O) groups excluding carboxylic acids is 1. The molecule has 1 rings (SSSR count). The minimum absolute atomic E-state index is 0.104. The fourth-order valence-corrected chi connectivity index (χ4v) is 1.63. The molecule has 0 aliphatic carbocycles. The Bertz CT molecular complexity index is 163. The number of ether oxygens (including phenoxy) is 1. The first-order valence-electron chi connectivity index (χ1n) is 4.75. The van der Waals surface area contributed by atoms with E-state index in [1.807, 2.05) is 0 Å².